The first-order valence-electron chi connectivity index (χ1n) is 6.04. The van der Waals surface area contributed by atoms with Gasteiger partial charge in [-0.1, -0.05) is 30.7 Å². The van der Waals surface area contributed by atoms with E-state index in [9.17, 15) is 9.59 Å². The molecule has 0 aromatic heterocycles. The van der Waals surface area contributed by atoms with Crippen molar-refractivity contribution in [2.45, 2.75) is 19.8 Å². The van der Waals surface area contributed by atoms with Crippen LogP contribution in [0, 0.1) is 11.3 Å². The first-order valence-corrected chi connectivity index (χ1v) is 6.41. The van der Waals surface area contributed by atoms with Crippen LogP contribution in [0.3, 0.4) is 0 Å². The molecular formula is C14H14ClN3O2. The van der Waals surface area contributed by atoms with Crippen molar-refractivity contribution in [1.82, 2.24) is 5.32 Å². The topological polar surface area (TPSA) is 82.0 Å². The van der Waals surface area contributed by atoms with Crippen LogP contribution >= 0.6 is 11.6 Å². The molecule has 2 N–H and O–H groups in total. The van der Waals surface area contributed by atoms with Gasteiger partial charge in [-0.2, -0.15) is 5.26 Å². The predicted molar refractivity (Wildman–Crippen MR) is 76.8 cm³/mol. The normalized spacial score (nSPS) is 10.6. The molecule has 0 aliphatic carbocycles. The first kappa shape index (κ1) is 15.7. The first-order chi connectivity index (χ1) is 9.58. The van der Waals surface area contributed by atoms with Crippen LogP contribution in [0.2, 0.25) is 5.02 Å². The minimum absolute atomic E-state index is 0.200. The SMILES string of the molecule is CCCC(=O)NC(=O)/C(C#N)=C/Nc1ccccc1Cl. The van der Waals surface area contributed by atoms with E-state index in [4.69, 9.17) is 16.9 Å². The molecule has 0 unspecified atom stereocenters. The van der Waals surface area contributed by atoms with Crippen molar-refractivity contribution in [1.29, 1.82) is 5.26 Å². The summed E-state index contributed by atoms with van der Waals surface area (Å²) >= 11 is 5.93. The maximum Gasteiger partial charge on any atom is 0.269 e. The van der Waals surface area contributed by atoms with E-state index in [1.807, 2.05) is 6.92 Å². The highest BCUT2D eigenvalue weighted by Gasteiger charge is 2.12. The van der Waals surface area contributed by atoms with Crippen molar-refractivity contribution < 1.29 is 9.59 Å². The number of hydrogen-bond acceptors (Lipinski definition) is 4. The lowest BCUT2D eigenvalue weighted by atomic mass is 10.2. The van der Waals surface area contributed by atoms with Gasteiger partial charge in [-0.3, -0.25) is 14.9 Å². The van der Waals surface area contributed by atoms with E-state index in [0.29, 0.717) is 17.1 Å². The molecule has 1 rings (SSSR count). The van der Waals surface area contributed by atoms with Crippen LogP contribution < -0.4 is 10.6 Å². The van der Waals surface area contributed by atoms with E-state index < -0.39 is 11.8 Å². The van der Waals surface area contributed by atoms with Gasteiger partial charge in [-0.15, -0.1) is 0 Å². The summed E-state index contributed by atoms with van der Waals surface area (Å²) < 4.78 is 0. The number of rotatable bonds is 5. The summed E-state index contributed by atoms with van der Waals surface area (Å²) in [6, 6.07) is 8.63. The number of nitrogens with one attached hydrogen (secondary N) is 2. The number of carbonyl (C=O) groups is 2. The third-order valence-corrected chi connectivity index (χ3v) is 2.67. The van der Waals surface area contributed by atoms with Gasteiger partial charge < -0.3 is 5.32 Å². The number of nitrogens with zero attached hydrogens (tertiary/aromatic N) is 1. The van der Waals surface area contributed by atoms with Gasteiger partial charge in [0.15, 0.2) is 0 Å². The molecule has 1 aromatic rings. The van der Waals surface area contributed by atoms with Gasteiger partial charge in [0, 0.05) is 12.6 Å². The number of imide groups is 1. The van der Waals surface area contributed by atoms with Crippen LogP contribution in [-0.2, 0) is 9.59 Å². The summed E-state index contributed by atoms with van der Waals surface area (Å²) in [4.78, 5) is 23.0. The highest BCUT2D eigenvalue weighted by atomic mass is 35.5. The number of amides is 2. The molecule has 20 heavy (non-hydrogen) atoms. The number of anilines is 1. The van der Waals surface area contributed by atoms with E-state index in [1.165, 1.54) is 6.20 Å². The largest absolute Gasteiger partial charge is 0.359 e. The molecule has 0 fully saturated rings. The Bertz CT molecular complexity index is 576. The number of benzene rings is 1. The Morgan fingerprint density at radius 1 is 1.40 bits per heavy atom. The van der Waals surface area contributed by atoms with Gasteiger partial charge in [-0.25, -0.2) is 0 Å². The standard InChI is InChI=1S/C14H14ClN3O2/c1-2-5-13(19)18-14(20)10(8-16)9-17-12-7-4-3-6-11(12)15/h3-4,6-7,9,17H,2,5H2,1H3,(H,18,19,20)/b10-9+. The number of carbonyl (C=O) groups excluding carboxylic acids is 2. The van der Waals surface area contributed by atoms with Gasteiger partial charge in [-0.05, 0) is 18.6 Å². The van der Waals surface area contributed by atoms with Crippen molar-refractivity contribution in [2.24, 2.45) is 0 Å². The zero-order valence-electron chi connectivity index (χ0n) is 10.9. The summed E-state index contributed by atoms with van der Waals surface area (Å²) in [5.41, 5.74) is 0.365. The average Bonchev–Trinajstić information content (AvgIpc) is 2.41. The number of halogens is 1. The van der Waals surface area contributed by atoms with Crippen LogP contribution in [0.25, 0.3) is 0 Å². The van der Waals surface area contributed by atoms with Crippen LogP contribution in [-0.4, -0.2) is 11.8 Å². The number of nitriles is 1. The summed E-state index contributed by atoms with van der Waals surface area (Å²) in [5.74, 6) is -1.14. The lowest BCUT2D eigenvalue weighted by Gasteiger charge is -2.05. The van der Waals surface area contributed by atoms with Crippen molar-refractivity contribution in [3.8, 4) is 6.07 Å². The zero-order chi connectivity index (χ0) is 15.0. The molecule has 104 valence electrons. The van der Waals surface area contributed by atoms with Crippen molar-refractivity contribution in [3.63, 3.8) is 0 Å². The molecule has 0 saturated carbocycles. The molecular weight excluding hydrogens is 278 g/mol. The van der Waals surface area contributed by atoms with Crippen LogP contribution in [0.1, 0.15) is 19.8 Å². The Kier molecular flexibility index (Phi) is 6.27. The summed E-state index contributed by atoms with van der Waals surface area (Å²) in [6.45, 7) is 1.82. The zero-order valence-corrected chi connectivity index (χ0v) is 11.7. The predicted octanol–water partition coefficient (Wildman–Crippen LogP) is 2.60. The minimum atomic E-state index is -0.731. The highest BCUT2D eigenvalue weighted by molar-refractivity contribution is 6.33. The van der Waals surface area contributed by atoms with Gasteiger partial charge >= 0.3 is 0 Å². The number of hydrogen-bond donors (Lipinski definition) is 2. The van der Waals surface area contributed by atoms with Crippen molar-refractivity contribution in [3.05, 3.63) is 41.1 Å². The Morgan fingerprint density at radius 2 is 2.10 bits per heavy atom. The van der Waals surface area contributed by atoms with E-state index in [0.717, 1.165) is 0 Å². The highest BCUT2D eigenvalue weighted by Crippen LogP contribution is 2.20. The van der Waals surface area contributed by atoms with E-state index in [2.05, 4.69) is 10.6 Å². The van der Waals surface area contributed by atoms with E-state index >= 15 is 0 Å². The van der Waals surface area contributed by atoms with Gasteiger partial charge in [0.05, 0.1) is 10.7 Å². The minimum Gasteiger partial charge on any atom is -0.359 e. The lowest BCUT2D eigenvalue weighted by Crippen LogP contribution is -2.31. The Morgan fingerprint density at radius 3 is 2.70 bits per heavy atom. The molecule has 0 saturated heterocycles. The fourth-order valence-corrected chi connectivity index (χ4v) is 1.55. The molecule has 0 radical (unpaired) electrons. The lowest BCUT2D eigenvalue weighted by molar-refractivity contribution is -0.128. The molecule has 0 bridgehead atoms. The van der Waals surface area contributed by atoms with Gasteiger partial charge in [0.2, 0.25) is 5.91 Å². The Balaban J connectivity index is 2.73. The average molecular weight is 292 g/mol. The maximum atomic E-state index is 11.7. The van der Waals surface area contributed by atoms with Crippen LogP contribution in [0.15, 0.2) is 36.0 Å². The van der Waals surface area contributed by atoms with Gasteiger partial charge in [0.25, 0.3) is 5.91 Å². The summed E-state index contributed by atoms with van der Waals surface area (Å²) in [7, 11) is 0. The molecule has 2 amide bonds. The molecule has 1 aromatic carbocycles. The Hall–Kier alpha value is -2.32. The number of para-hydroxylation sites is 1. The van der Waals surface area contributed by atoms with Crippen molar-refractivity contribution in [2.75, 3.05) is 5.32 Å². The molecule has 5 nitrogen and oxygen atoms in total. The third-order valence-electron chi connectivity index (χ3n) is 2.34. The monoisotopic (exact) mass is 291 g/mol. The quantitative estimate of drug-likeness (QED) is 0.645. The molecule has 0 spiro atoms. The third kappa shape index (κ3) is 4.75. The smallest absolute Gasteiger partial charge is 0.269 e. The molecule has 0 aliphatic heterocycles. The van der Waals surface area contributed by atoms with E-state index in [-0.39, 0.29) is 12.0 Å². The Labute approximate surface area is 122 Å². The van der Waals surface area contributed by atoms with Crippen LogP contribution in [0.4, 0.5) is 5.69 Å². The summed E-state index contributed by atoms with van der Waals surface area (Å²) in [6.07, 6.45) is 2.08. The molecule has 0 heterocycles. The molecule has 0 atom stereocenters. The fraction of sp³-hybridized carbons (Fsp3) is 0.214. The van der Waals surface area contributed by atoms with Crippen LogP contribution in [0.5, 0.6) is 0 Å². The molecule has 0 aliphatic rings. The second-order valence-electron chi connectivity index (χ2n) is 3.92. The van der Waals surface area contributed by atoms with E-state index in [1.54, 1.807) is 30.3 Å². The van der Waals surface area contributed by atoms with Crippen molar-refractivity contribution >= 4 is 29.1 Å². The summed E-state index contributed by atoms with van der Waals surface area (Å²) in [5, 5.41) is 14.3. The second kappa shape index (κ2) is 7.97. The molecule has 6 heteroatoms. The fourth-order valence-electron chi connectivity index (χ4n) is 1.36. The van der Waals surface area contributed by atoms with Gasteiger partial charge in [0.1, 0.15) is 11.6 Å². The second-order valence-corrected chi connectivity index (χ2v) is 4.33. The maximum absolute atomic E-state index is 11.7.